The van der Waals surface area contributed by atoms with Gasteiger partial charge in [0.05, 0.1) is 19.0 Å². The first-order valence-electron chi connectivity index (χ1n) is 10.4. The lowest BCUT2D eigenvalue weighted by atomic mass is 10.0. The number of hydrogen-bond acceptors (Lipinski definition) is 6. The summed E-state index contributed by atoms with van der Waals surface area (Å²) in [6, 6.07) is 11.9. The largest absolute Gasteiger partial charge is 0.506 e. The lowest BCUT2D eigenvalue weighted by Gasteiger charge is -2.06. The number of hydrogen-bond donors (Lipinski definition) is 3. The molecule has 0 aliphatic heterocycles. The predicted molar refractivity (Wildman–Crippen MR) is 126 cm³/mol. The molecule has 9 heteroatoms. The van der Waals surface area contributed by atoms with Crippen LogP contribution in [0.1, 0.15) is 0 Å². The average molecular weight is 452 g/mol. The number of nitrogens with one attached hydrogen (secondary N) is 2. The van der Waals surface area contributed by atoms with Gasteiger partial charge in [-0.2, -0.15) is 5.10 Å². The molecule has 0 radical (unpaired) electrons. The minimum atomic E-state index is -0.381. The number of pyridine rings is 3. The van der Waals surface area contributed by atoms with Gasteiger partial charge in [-0.15, -0.1) is 0 Å². The average Bonchev–Trinajstić information content (AvgIpc) is 3.47. The van der Waals surface area contributed by atoms with Gasteiger partial charge in [-0.3, -0.25) is 10.1 Å². The van der Waals surface area contributed by atoms with Crippen LogP contribution in [-0.2, 0) is 0 Å². The van der Waals surface area contributed by atoms with Gasteiger partial charge < -0.3 is 14.8 Å². The molecule has 6 rings (SSSR count). The summed E-state index contributed by atoms with van der Waals surface area (Å²) in [4.78, 5) is 16.3. The fourth-order valence-corrected chi connectivity index (χ4v) is 4.09. The Morgan fingerprint density at radius 1 is 0.882 bits per heavy atom. The van der Waals surface area contributed by atoms with Gasteiger partial charge in [0.25, 0.3) is 0 Å². The van der Waals surface area contributed by atoms with E-state index in [0.717, 1.165) is 33.2 Å². The van der Waals surface area contributed by atoms with E-state index in [-0.39, 0.29) is 11.6 Å². The molecular weight excluding hydrogens is 435 g/mol. The summed E-state index contributed by atoms with van der Waals surface area (Å²) in [5, 5.41) is 18.8. The predicted octanol–water partition coefficient (Wildman–Crippen LogP) is 5.08. The molecule has 34 heavy (non-hydrogen) atoms. The van der Waals surface area contributed by atoms with Crippen LogP contribution in [0.25, 0.3) is 55.7 Å². The standard InChI is InChI=1S/C25H17FN6O2/c1-34-18-6-13(4-16(26)8-18)19-2-3-28-24-20(19)9-22(30-24)23-21-7-15(11-29-25(21)32-31-23)14-5-17(33)12-27-10-14/h2-12,33H,1H3,(H,28,30)(H,29,31,32). The van der Waals surface area contributed by atoms with Gasteiger partial charge in [0.15, 0.2) is 5.65 Å². The lowest BCUT2D eigenvalue weighted by Crippen LogP contribution is -1.88. The van der Waals surface area contributed by atoms with Crippen molar-refractivity contribution >= 4 is 22.1 Å². The molecule has 1 aromatic carbocycles. The third kappa shape index (κ3) is 3.30. The van der Waals surface area contributed by atoms with E-state index in [2.05, 4.69) is 30.1 Å². The molecule has 5 aromatic heterocycles. The third-order valence-electron chi connectivity index (χ3n) is 5.68. The maximum Gasteiger partial charge on any atom is 0.155 e. The minimum Gasteiger partial charge on any atom is -0.506 e. The molecule has 0 aliphatic carbocycles. The van der Waals surface area contributed by atoms with E-state index in [9.17, 15) is 9.50 Å². The van der Waals surface area contributed by atoms with Crippen molar-refractivity contribution in [2.75, 3.05) is 7.11 Å². The molecule has 0 atom stereocenters. The highest BCUT2D eigenvalue weighted by molar-refractivity contribution is 5.99. The normalized spacial score (nSPS) is 11.4. The van der Waals surface area contributed by atoms with Gasteiger partial charge in [-0.25, -0.2) is 14.4 Å². The van der Waals surface area contributed by atoms with Crippen molar-refractivity contribution in [1.29, 1.82) is 0 Å². The summed E-state index contributed by atoms with van der Waals surface area (Å²) in [7, 11) is 1.51. The van der Waals surface area contributed by atoms with Crippen molar-refractivity contribution in [3.05, 3.63) is 73.1 Å². The molecule has 0 saturated heterocycles. The Labute approximate surface area is 192 Å². The second kappa shape index (κ2) is 7.66. The Morgan fingerprint density at radius 2 is 1.76 bits per heavy atom. The maximum atomic E-state index is 14.2. The van der Waals surface area contributed by atoms with Gasteiger partial charge >= 0.3 is 0 Å². The first-order valence-corrected chi connectivity index (χ1v) is 10.4. The van der Waals surface area contributed by atoms with Crippen molar-refractivity contribution < 1.29 is 14.2 Å². The highest BCUT2D eigenvalue weighted by atomic mass is 19.1. The van der Waals surface area contributed by atoms with Crippen LogP contribution in [0.3, 0.4) is 0 Å². The molecular formula is C25H17FN6O2. The Morgan fingerprint density at radius 3 is 2.62 bits per heavy atom. The van der Waals surface area contributed by atoms with Crippen LogP contribution in [0.2, 0.25) is 0 Å². The fraction of sp³-hybridized carbons (Fsp3) is 0.0400. The minimum absolute atomic E-state index is 0.0771. The molecule has 5 heterocycles. The number of H-pyrrole nitrogens is 2. The lowest BCUT2D eigenvalue weighted by molar-refractivity contribution is 0.411. The number of nitrogens with zero attached hydrogens (tertiary/aromatic N) is 4. The smallest absolute Gasteiger partial charge is 0.155 e. The number of aromatic amines is 2. The Hall–Kier alpha value is -4.79. The van der Waals surface area contributed by atoms with Crippen molar-refractivity contribution in [2.24, 2.45) is 0 Å². The van der Waals surface area contributed by atoms with Crippen LogP contribution >= 0.6 is 0 Å². The van der Waals surface area contributed by atoms with Gasteiger partial charge in [0.2, 0.25) is 0 Å². The van der Waals surface area contributed by atoms with Crippen LogP contribution < -0.4 is 4.74 Å². The summed E-state index contributed by atoms with van der Waals surface area (Å²) in [5.74, 6) is 0.135. The van der Waals surface area contributed by atoms with Gasteiger partial charge in [0, 0.05) is 46.6 Å². The van der Waals surface area contributed by atoms with Crippen molar-refractivity contribution in [3.63, 3.8) is 0 Å². The van der Waals surface area contributed by atoms with E-state index >= 15 is 0 Å². The quantitative estimate of drug-likeness (QED) is 0.344. The number of rotatable bonds is 4. The van der Waals surface area contributed by atoms with Crippen LogP contribution in [-0.4, -0.2) is 42.3 Å². The molecule has 0 saturated carbocycles. The number of benzene rings is 1. The first-order chi connectivity index (χ1) is 16.6. The van der Waals surface area contributed by atoms with Crippen LogP contribution in [0.5, 0.6) is 11.5 Å². The van der Waals surface area contributed by atoms with E-state index in [4.69, 9.17) is 4.74 Å². The number of methoxy groups -OCH3 is 1. The number of fused-ring (bicyclic) bond motifs is 2. The highest BCUT2D eigenvalue weighted by Gasteiger charge is 2.16. The summed E-state index contributed by atoms with van der Waals surface area (Å²) in [6.45, 7) is 0. The summed E-state index contributed by atoms with van der Waals surface area (Å²) in [5.41, 5.74) is 5.69. The van der Waals surface area contributed by atoms with Crippen molar-refractivity contribution in [2.45, 2.75) is 0 Å². The van der Waals surface area contributed by atoms with Crippen LogP contribution in [0.4, 0.5) is 4.39 Å². The van der Waals surface area contributed by atoms with Crippen LogP contribution in [0, 0.1) is 5.82 Å². The molecule has 6 aromatic rings. The van der Waals surface area contributed by atoms with Crippen molar-refractivity contribution in [3.8, 4) is 45.1 Å². The second-order valence-corrected chi connectivity index (χ2v) is 7.81. The monoisotopic (exact) mass is 452 g/mol. The van der Waals surface area contributed by atoms with E-state index < -0.39 is 0 Å². The van der Waals surface area contributed by atoms with E-state index in [1.807, 2.05) is 18.2 Å². The number of halogens is 1. The Bertz CT molecular complexity index is 1690. The van der Waals surface area contributed by atoms with Gasteiger partial charge in [-0.1, -0.05) is 0 Å². The summed E-state index contributed by atoms with van der Waals surface area (Å²) in [6.07, 6.45) is 6.41. The zero-order chi connectivity index (χ0) is 23.2. The molecule has 0 aliphatic rings. The summed E-state index contributed by atoms with van der Waals surface area (Å²) >= 11 is 0. The first kappa shape index (κ1) is 19.9. The zero-order valence-electron chi connectivity index (χ0n) is 17.9. The fourth-order valence-electron chi connectivity index (χ4n) is 4.09. The van der Waals surface area contributed by atoms with Gasteiger partial charge in [-0.05, 0) is 47.5 Å². The number of ether oxygens (including phenoxy) is 1. The molecule has 0 spiro atoms. The van der Waals surface area contributed by atoms with Crippen molar-refractivity contribution in [1.82, 2.24) is 30.1 Å². The maximum absolute atomic E-state index is 14.2. The SMILES string of the molecule is COc1cc(F)cc(-c2ccnc3[nH]c(-c4n[nH]c5ncc(-c6cncc(O)c6)cc45)cc23)c1. The van der Waals surface area contributed by atoms with Crippen LogP contribution in [0.15, 0.2) is 67.3 Å². The summed E-state index contributed by atoms with van der Waals surface area (Å²) < 4.78 is 19.4. The highest BCUT2D eigenvalue weighted by Crippen LogP contribution is 2.35. The Balaban J connectivity index is 1.50. The van der Waals surface area contributed by atoms with Gasteiger partial charge in [0.1, 0.15) is 28.7 Å². The molecule has 0 unspecified atom stereocenters. The Kier molecular flexibility index (Phi) is 4.48. The number of aromatic nitrogens is 6. The third-order valence-corrected chi connectivity index (χ3v) is 5.68. The van der Waals surface area contributed by atoms with E-state index in [0.29, 0.717) is 28.3 Å². The molecule has 3 N–H and O–H groups in total. The van der Waals surface area contributed by atoms with E-state index in [1.165, 1.54) is 25.4 Å². The number of aromatic hydroxyl groups is 1. The molecule has 0 bridgehead atoms. The second-order valence-electron chi connectivity index (χ2n) is 7.81. The zero-order valence-corrected chi connectivity index (χ0v) is 17.9. The molecule has 166 valence electrons. The molecule has 0 fully saturated rings. The molecule has 8 nitrogen and oxygen atoms in total. The molecule has 0 amide bonds. The van der Waals surface area contributed by atoms with E-state index in [1.54, 1.807) is 30.7 Å². The topological polar surface area (TPSA) is 113 Å².